The summed E-state index contributed by atoms with van der Waals surface area (Å²) < 4.78 is 1.31. The number of carboxylic acid groups (broad SMARTS) is 1. The van der Waals surface area contributed by atoms with Gasteiger partial charge in [-0.1, -0.05) is 46.9 Å². The Morgan fingerprint density at radius 2 is 1.68 bits per heavy atom. The lowest BCUT2D eigenvalue weighted by atomic mass is 10.1. The molecule has 0 saturated carbocycles. The minimum atomic E-state index is -1.32. The van der Waals surface area contributed by atoms with E-state index < -0.39 is 5.97 Å². The van der Waals surface area contributed by atoms with Crippen LogP contribution in [0, 0.1) is 0 Å². The van der Waals surface area contributed by atoms with Crippen molar-refractivity contribution in [3.8, 4) is 16.9 Å². The lowest BCUT2D eigenvalue weighted by Crippen LogP contribution is -2.03. The summed E-state index contributed by atoms with van der Waals surface area (Å²) in [6.45, 7) is 0. The molecule has 3 rings (SSSR count). The minimum Gasteiger partial charge on any atom is -0.476 e. The molecule has 8 heteroatoms. The number of rotatable bonds is 4. The van der Waals surface area contributed by atoms with Gasteiger partial charge >= 0.3 is 5.97 Å². The predicted octanol–water partition coefficient (Wildman–Crippen LogP) is 5.01. The van der Waals surface area contributed by atoms with E-state index in [0.717, 1.165) is 0 Å². The molecule has 0 bridgehead atoms. The standard InChI is InChI=1S/C17H9Cl3N2O3/c18-10-3-1-9(2-4-10)16-12(8-23)15(17(24)25)21-22(16)14-6-5-11(19)7-13(14)20/h1-8H,(H,24,25). The maximum Gasteiger partial charge on any atom is 0.357 e. The number of benzene rings is 2. The van der Waals surface area contributed by atoms with Gasteiger partial charge in [0.15, 0.2) is 12.0 Å². The van der Waals surface area contributed by atoms with Crippen molar-refractivity contribution in [3.05, 3.63) is 68.8 Å². The largest absolute Gasteiger partial charge is 0.476 e. The van der Waals surface area contributed by atoms with Gasteiger partial charge in [0.05, 0.1) is 22.0 Å². The zero-order valence-electron chi connectivity index (χ0n) is 12.4. The van der Waals surface area contributed by atoms with Crippen molar-refractivity contribution in [1.82, 2.24) is 9.78 Å². The molecule has 0 radical (unpaired) electrons. The highest BCUT2D eigenvalue weighted by atomic mass is 35.5. The zero-order chi connectivity index (χ0) is 18.1. The topological polar surface area (TPSA) is 72.2 Å². The maximum absolute atomic E-state index is 11.6. The van der Waals surface area contributed by atoms with Crippen LogP contribution in [0.15, 0.2) is 42.5 Å². The molecule has 0 saturated heterocycles. The van der Waals surface area contributed by atoms with Gasteiger partial charge in [0.25, 0.3) is 0 Å². The number of carbonyl (C=O) groups is 2. The SMILES string of the molecule is O=Cc1c(C(=O)O)nn(-c2ccc(Cl)cc2Cl)c1-c1ccc(Cl)cc1. The highest BCUT2D eigenvalue weighted by Crippen LogP contribution is 2.32. The van der Waals surface area contributed by atoms with E-state index in [0.29, 0.717) is 33.3 Å². The van der Waals surface area contributed by atoms with Gasteiger partial charge in [0.2, 0.25) is 0 Å². The molecule has 0 aliphatic heterocycles. The van der Waals surface area contributed by atoms with Crippen LogP contribution in [0.4, 0.5) is 0 Å². The molecule has 0 aliphatic carbocycles. The van der Waals surface area contributed by atoms with E-state index in [1.165, 1.54) is 10.7 Å². The van der Waals surface area contributed by atoms with Gasteiger partial charge in [-0.05, 0) is 30.3 Å². The minimum absolute atomic E-state index is 0.0548. The third-order valence-electron chi connectivity index (χ3n) is 3.50. The number of nitrogens with zero attached hydrogens (tertiary/aromatic N) is 2. The fraction of sp³-hybridized carbons (Fsp3) is 0. The van der Waals surface area contributed by atoms with E-state index in [9.17, 15) is 14.7 Å². The number of aromatic nitrogens is 2. The van der Waals surface area contributed by atoms with Crippen LogP contribution in [0.2, 0.25) is 15.1 Å². The van der Waals surface area contributed by atoms with Crippen LogP contribution in [0.3, 0.4) is 0 Å². The lowest BCUT2D eigenvalue weighted by molar-refractivity contribution is 0.0687. The normalized spacial score (nSPS) is 10.7. The second-order valence-corrected chi connectivity index (χ2v) is 6.33. The summed E-state index contributed by atoms with van der Waals surface area (Å²) >= 11 is 18.1. The van der Waals surface area contributed by atoms with Crippen molar-refractivity contribution in [2.45, 2.75) is 0 Å². The Morgan fingerprint density at radius 3 is 2.24 bits per heavy atom. The quantitative estimate of drug-likeness (QED) is 0.630. The van der Waals surface area contributed by atoms with Gasteiger partial charge in [-0.25, -0.2) is 9.48 Å². The summed E-state index contributed by atoms with van der Waals surface area (Å²) in [5.41, 5.74) is 0.837. The van der Waals surface area contributed by atoms with Gasteiger partial charge < -0.3 is 5.11 Å². The first-order valence-electron chi connectivity index (χ1n) is 6.95. The summed E-state index contributed by atoms with van der Waals surface area (Å²) in [5, 5.41) is 14.6. The molecule has 0 unspecified atom stereocenters. The summed E-state index contributed by atoms with van der Waals surface area (Å²) in [7, 11) is 0. The number of aromatic carboxylic acids is 1. The van der Waals surface area contributed by atoms with E-state index >= 15 is 0 Å². The zero-order valence-corrected chi connectivity index (χ0v) is 14.7. The van der Waals surface area contributed by atoms with Gasteiger partial charge in [-0.3, -0.25) is 4.79 Å². The smallest absolute Gasteiger partial charge is 0.357 e. The Labute approximate surface area is 157 Å². The van der Waals surface area contributed by atoms with Crippen molar-refractivity contribution in [3.63, 3.8) is 0 Å². The average Bonchev–Trinajstić information content (AvgIpc) is 2.95. The molecule has 1 aromatic heterocycles. The molecule has 5 nitrogen and oxygen atoms in total. The summed E-state index contributed by atoms with van der Waals surface area (Å²) in [6, 6.07) is 11.3. The Bertz CT molecular complexity index is 982. The fourth-order valence-electron chi connectivity index (χ4n) is 2.41. The van der Waals surface area contributed by atoms with Gasteiger partial charge in [0.1, 0.15) is 0 Å². The van der Waals surface area contributed by atoms with E-state index in [1.54, 1.807) is 36.4 Å². The second-order valence-electron chi connectivity index (χ2n) is 5.05. The van der Waals surface area contributed by atoms with Gasteiger partial charge in [0, 0.05) is 15.6 Å². The van der Waals surface area contributed by atoms with E-state index in [4.69, 9.17) is 34.8 Å². The molecule has 0 atom stereocenters. The van der Waals surface area contributed by atoms with Crippen molar-refractivity contribution in [2.75, 3.05) is 0 Å². The summed E-state index contributed by atoms with van der Waals surface area (Å²) in [4.78, 5) is 23.1. The highest BCUT2D eigenvalue weighted by Gasteiger charge is 2.25. The molecule has 25 heavy (non-hydrogen) atoms. The first kappa shape index (κ1) is 17.5. The number of hydrogen-bond donors (Lipinski definition) is 1. The average molecular weight is 396 g/mol. The fourth-order valence-corrected chi connectivity index (χ4v) is 3.03. The molecule has 2 aromatic carbocycles. The second kappa shape index (κ2) is 6.88. The van der Waals surface area contributed by atoms with Crippen molar-refractivity contribution >= 4 is 47.1 Å². The van der Waals surface area contributed by atoms with Gasteiger partial charge in [-0.15, -0.1) is 0 Å². The number of carboxylic acids is 1. The molecule has 1 heterocycles. The Morgan fingerprint density at radius 1 is 1.04 bits per heavy atom. The van der Waals surface area contributed by atoms with Crippen LogP contribution in [-0.2, 0) is 0 Å². The van der Waals surface area contributed by atoms with Crippen LogP contribution in [0.5, 0.6) is 0 Å². The molecule has 0 amide bonds. The number of aldehydes is 1. The Balaban J connectivity index is 2.36. The van der Waals surface area contributed by atoms with Crippen LogP contribution in [-0.4, -0.2) is 27.1 Å². The molecule has 126 valence electrons. The molecule has 0 fully saturated rings. The van der Waals surface area contributed by atoms with E-state index in [-0.39, 0.29) is 16.3 Å². The third-order valence-corrected chi connectivity index (χ3v) is 4.29. The van der Waals surface area contributed by atoms with Crippen LogP contribution >= 0.6 is 34.8 Å². The lowest BCUT2D eigenvalue weighted by Gasteiger charge is -2.10. The third kappa shape index (κ3) is 3.26. The van der Waals surface area contributed by atoms with Crippen molar-refractivity contribution in [1.29, 1.82) is 0 Å². The molecule has 0 spiro atoms. The maximum atomic E-state index is 11.6. The molecular weight excluding hydrogens is 387 g/mol. The van der Waals surface area contributed by atoms with Crippen LogP contribution in [0.1, 0.15) is 20.8 Å². The molecule has 0 aliphatic rings. The Kier molecular flexibility index (Phi) is 4.81. The first-order valence-corrected chi connectivity index (χ1v) is 8.08. The number of halogens is 3. The van der Waals surface area contributed by atoms with Crippen molar-refractivity contribution < 1.29 is 14.7 Å². The first-order chi connectivity index (χ1) is 11.9. The predicted molar refractivity (Wildman–Crippen MR) is 96.4 cm³/mol. The number of hydrogen-bond acceptors (Lipinski definition) is 3. The Hall–Kier alpha value is -2.34. The number of carbonyl (C=O) groups excluding carboxylic acids is 1. The molecule has 1 N–H and O–H groups in total. The molecule has 3 aromatic rings. The van der Waals surface area contributed by atoms with Crippen molar-refractivity contribution in [2.24, 2.45) is 0 Å². The van der Waals surface area contributed by atoms with E-state index in [2.05, 4.69) is 5.10 Å². The summed E-state index contributed by atoms with van der Waals surface area (Å²) in [5.74, 6) is -1.32. The van der Waals surface area contributed by atoms with Crippen LogP contribution in [0.25, 0.3) is 16.9 Å². The van der Waals surface area contributed by atoms with E-state index in [1.807, 2.05) is 0 Å². The highest BCUT2D eigenvalue weighted by molar-refractivity contribution is 6.35. The molecular formula is C17H9Cl3N2O3. The monoisotopic (exact) mass is 394 g/mol. The van der Waals surface area contributed by atoms with Crippen LogP contribution < -0.4 is 0 Å². The summed E-state index contributed by atoms with van der Waals surface area (Å²) in [6.07, 6.45) is 0.459. The van der Waals surface area contributed by atoms with Gasteiger partial charge in [-0.2, -0.15) is 5.10 Å².